The summed E-state index contributed by atoms with van der Waals surface area (Å²) >= 11 is 18.2. The smallest absolute Gasteiger partial charge is 0.249 e. The summed E-state index contributed by atoms with van der Waals surface area (Å²) in [5.74, 6) is 1.32. The Morgan fingerprint density at radius 1 is 1.00 bits per heavy atom. The third-order valence-electron chi connectivity index (χ3n) is 3.18. The van der Waals surface area contributed by atoms with Crippen molar-refractivity contribution in [2.75, 3.05) is 17.7 Å². The molecule has 0 aliphatic carbocycles. The summed E-state index contributed by atoms with van der Waals surface area (Å²) in [7, 11) is 1.56. The fourth-order valence-corrected chi connectivity index (χ4v) is 2.57. The maximum Gasteiger partial charge on any atom is 0.249 e. The van der Waals surface area contributed by atoms with Crippen molar-refractivity contribution in [1.29, 1.82) is 0 Å². The lowest BCUT2D eigenvalue weighted by molar-refractivity contribution is 0.417. The van der Waals surface area contributed by atoms with Crippen LogP contribution in [0, 0.1) is 0 Å². The number of hydrogen-bond donors (Lipinski definition) is 2. The van der Waals surface area contributed by atoms with E-state index in [1.165, 1.54) is 6.20 Å². The Kier molecular flexibility index (Phi) is 5.43. The second-order valence-electron chi connectivity index (χ2n) is 4.86. The van der Waals surface area contributed by atoms with Crippen LogP contribution in [0.25, 0.3) is 0 Å². The third-order valence-corrected chi connectivity index (χ3v) is 4.24. The minimum Gasteiger partial charge on any atom is -0.495 e. The lowest BCUT2D eigenvalue weighted by atomic mass is 10.3. The van der Waals surface area contributed by atoms with Gasteiger partial charge in [-0.15, -0.1) is 5.10 Å². The van der Waals surface area contributed by atoms with Crippen molar-refractivity contribution in [3.63, 3.8) is 0 Å². The third kappa shape index (κ3) is 4.22. The number of nitrogens with zero attached hydrogens (tertiary/aromatic N) is 3. The van der Waals surface area contributed by atoms with E-state index in [1.807, 2.05) is 0 Å². The van der Waals surface area contributed by atoms with Crippen LogP contribution in [0.1, 0.15) is 0 Å². The number of halogens is 3. The average molecular weight is 397 g/mol. The molecule has 3 aromatic rings. The van der Waals surface area contributed by atoms with E-state index in [1.54, 1.807) is 43.5 Å². The van der Waals surface area contributed by atoms with E-state index in [0.717, 1.165) is 0 Å². The second-order valence-corrected chi connectivity index (χ2v) is 6.08. The molecule has 0 unspecified atom stereocenters. The van der Waals surface area contributed by atoms with Gasteiger partial charge in [0.2, 0.25) is 5.95 Å². The van der Waals surface area contributed by atoms with Gasteiger partial charge >= 0.3 is 0 Å². The summed E-state index contributed by atoms with van der Waals surface area (Å²) in [6.45, 7) is 0. The van der Waals surface area contributed by atoms with Gasteiger partial charge in [0, 0.05) is 5.02 Å². The van der Waals surface area contributed by atoms with Gasteiger partial charge < -0.3 is 15.4 Å². The zero-order chi connectivity index (χ0) is 17.8. The molecule has 0 fully saturated rings. The highest BCUT2D eigenvalue weighted by molar-refractivity contribution is 6.43. The van der Waals surface area contributed by atoms with Crippen LogP contribution in [0.5, 0.6) is 5.75 Å². The number of aromatic nitrogens is 3. The molecular formula is C16H12Cl3N5O. The van der Waals surface area contributed by atoms with E-state index in [0.29, 0.717) is 38.0 Å². The molecule has 0 saturated carbocycles. The van der Waals surface area contributed by atoms with Gasteiger partial charge in [-0.25, -0.2) is 0 Å². The molecular weight excluding hydrogens is 385 g/mol. The molecule has 0 amide bonds. The number of anilines is 4. The maximum absolute atomic E-state index is 6.16. The Bertz CT molecular complexity index is 907. The Morgan fingerprint density at radius 3 is 2.64 bits per heavy atom. The summed E-state index contributed by atoms with van der Waals surface area (Å²) in [4.78, 5) is 4.34. The van der Waals surface area contributed by atoms with Gasteiger partial charge in [0.15, 0.2) is 5.82 Å². The Balaban J connectivity index is 1.85. The van der Waals surface area contributed by atoms with Gasteiger partial charge in [0.1, 0.15) is 5.75 Å². The fourth-order valence-electron chi connectivity index (χ4n) is 2.05. The number of methoxy groups -OCH3 is 1. The number of ether oxygens (including phenoxy) is 1. The van der Waals surface area contributed by atoms with Gasteiger partial charge in [-0.1, -0.05) is 40.9 Å². The minimum atomic E-state index is 0.267. The number of rotatable bonds is 5. The molecule has 2 aromatic carbocycles. The Labute approximate surface area is 159 Å². The average Bonchev–Trinajstić information content (AvgIpc) is 2.60. The standard InChI is InChI=1S/C16H12Cl3N5O/c1-25-13-6-5-9(17)7-12(13)22-16-23-14(8-20-24-16)21-11-4-2-3-10(18)15(11)19/h2-8H,1H3,(H2,21,22,23,24). The normalized spacial score (nSPS) is 10.4. The van der Waals surface area contributed by atoms with E-state index in [9.17, 15) is 0 Å². The number of benzene rings is 2. The van der Waals surface area contributed by atoms with Crippen LogP contribution in [-0.2, 0) is 0 Å². The molecule has 0 bridgehead atoms. The molecule has 2 N–H and O–H groups in total. The van der Waals surface area contributed by atoms with E-state index >= 15 is 0 Å². The minimum absolute atomic E-state index is 0.267. The van der Waals surface area contributed by atoms with Crippen molar-refractivity contribution >= 4 is 57.9 Å². The quantitative estimate of drug-likeness (QED) is 0.607. The summed E-state index contributed by atoms with van der Waals surface area (Å²) < 4.78 is 5.28. The summed E-state index contributed by atoms with van der Waals surface area (Å²) in [6.07, 6.45) is 1.47. The molecule has 1 aromatic heterocycles. The molecule has 0 atom stereocenters. The largest absolute Gasteiger partial charge is 0.495 e. The van der Waals surface area contributed by atoms with Crippen molar-refractivity contribution in [3.05, 3.63) is 57.7 Å². The first-order chi connectivity index (χ1) is 12.1. The molecule has 0 aliphatic heterocycles. The first-order valence-electron chi connectivity index (χ1n) is 7.08. The fraction of sp³-hybridized carbons (Fsp3) is 0.0625. The molecule has 3 rings (SSSR count). The second kappa shape index (κ2) is 7.74. The molecule has 25 heavy (non-hydrogen) atoms. The molecule has 0 spiro atoms. The summed E-state index contributed by atoms with van der Waals surface area (Å²) in [5.41, 5.74) is 1.23. The SMILES string of the molecule is COc1ccc(Cl)cc1Nc1nncc(Nc2cccc(Cl)c2Cl)n1. The van der Waals surface area contributed by atoms with Gasteiger partial charge in [-0.3, -0.25) is 0 Å². The first kappa shape index (κ1) is 17.5. The highest BCUT2D eigenvalue weighted by atomic mass is 35.5. The molecule has 0 saturated heterocycles. The number of hydrogen-bond acceptors (Lipinski definition) is 6. The highest BCUT2D eigenvalue weighted by Crippen LogP contribution is 2.32. The predicted octanol–water partition coefficient (Wildman–Crippen LogP) is 5.33. The van der Waals surface area contributed by atoms with Crippen molar-refractivity contribution in [1.82, 2.24) is 15.2 Å². The van der Waals surface area contributed by atoms with Gasteiger partial charge in [0.05, 0.1) is 34.7 Å². The molecule has 0 aliphatic rings. The summed E-state index contributed by atoms with van der Waals surface area (Å²) in [5, 5.41) is 15.3. The summed E-state index contributed by atoms with van der Waals surface area (Å²) in [6, 6.07) is 10.4. The van der Waals surface area contributed by atoms with E-state index in [2.05, 4.69) is 25.8 Å². The topological polar surface area (TPSA) is 72.0 Å². The highest BCUT2D eigenvalue weighted by Gasteiger charge is 2.09. The first-order valence-corrected chi connectivity index (χ1v) is 8.21. The van der Waals surface area contributed by atoms with Gasteiger partial charge in [-0.05, 0) is 30.3 Å². The molecule has 9 heteroatoms. The van der Waals surface area contributed by atoms with Gasteiger partial charge in [0.25, 0.3) is 0 Å². The number of nitrogens with one attached hydrogen (secondary N) is 2. The zero-order valence-corrected chi connectivity index (χ0v) is 15.2. The predicted molar refractivity (Wildman–Crippen MR) is 101 cm³/mol. The van der Waals surface area contributed by atoms with Crippen LogP contribution >= 0.6 is 34.8 Å². The van der Waals surface area contributed by atoms with Crippen LogP contribution in [0.15, 0.2) is 42.6 Å². The van der Waals surface area contributed by atoms with Crippen LogP contribution in [0.3, 0.4) is 0 Å². The van der Waals surface area contributed by atoms with Crippen molar-refractivity contribution in [3.8, 4) is 5.75 Å². The Hall–Kier alpha value is -2.28. The lowest BCUT2D eigenvalue weighted by Gasteiger charge is -2.11. The monoisotopic (exact) mass is 395 g/mol. The van der Waals surface area contributed by atoms with Crippen LogP contribution < -0.4 is 15.4 Å². The van der Waals surface area contributed by atoms with Crippen LogP contribution in [0.4, 0.5) is 23.1 Å². The van der Waals surface area contributed by atoms with Gasteiger partial charge in [-0.2, -0.15) is 10.1 Å². The molecule has 1 heterocycles. The lowest BCUT2D eigenvalue weighted by Crippen LogP contribution is -2.03. The molecule has 6 nitrogen and oxygen atoms in total. The van der Waals surface area contributed by atoms with Crippen molar-refractivity contribution < 1.29 is 4.74 Å². The van der Waals surface area contributed by atoms with Crippen molar-refractivity contribution in [2.24, 2.45) is 0 Å². The molecule has 128 valence electrons. The van der Waals surface area contributed by atoms with E-state index < -0.39 is 0 Å². The van der Waals surface area contributed by atoms with Crippen molar-refractivity contribution in [2.45, 2.75) is 0 Å². The zero-order valence-electron chi connectivity index (χ0n) is 12.9. The van der Waals surface area contributed by atoms with Crippen LogP contribution in [0.2, 0.25) is 15.1 Å². The van der Waals surface area contributed by atoms with E-state index in [-0.39, 0.29) is 5.95 Å². The Morgan fingerprint density at radius 2 is 1.84 bits per heavy atom. The maximum atomic E-state index is 6.16. The molecule has 0 radical (unpaired) electrons. The van der Waals surface area contributed by atoms with E-state index in [4.69, 9.17) is 39.5 Å². The van der Waals surface area contributed by atoms with Crippen LogP contribution in [-0.4, -0.2) is 22.3 Å².